The molecule has 0 fully saturated rings. The largest absolute Gasteiger partial charge is 0.256 e. The summed E-state index contributed by atoms with van der Waals surface area (Å²) in [5.41, 5.74) is 2.06. The highest BCUT2D eigenvalue weighted by Crippen LogP contribution is 2.20. The van der Waals surface area contributed by atoms with Crippen LogP contribution in [0.15, 0.2) is 80.0 Å². The van der Waals surface area contributed by atoms with E-state index in [1.54, 1.807) is 12.2 Å². The number of rotatable bonds is 3. The fourth-order valence-corrected chi connectivity index (χ4v) is 2.62. The van der Waals surface area contributed by atoms with E-state index in [2.05, 4.69) is 60.6 Å². The topological polar surface area (TPSA) is 12.9 Å². The van der Waals surface area contributed by atoms with Crippen molar-refractivity contribution in [3.05, 3.63) is 90.5 Å². The Hall–Kier alpha value is -2.93. The molecule has 3 rings (SSSR count). The Balaban J connectivity index is 2.33. The number of nitrogens with zero attached hydrogens (tertiary/aromatic N) is 1. The van der Waals surface area contributed by atoms with E-state index in [0.29, 0.717) is 0 Å². The molecule has 0 amide bonds. The summed E-state index contributed by atoms with van der Waals surface area (Å²) >= 11 is 0. The summed E-state index contributed by atoms with van der Waals surface area (Å²) in [6.07, 6.45) is 9.40. The minimum Gasteiger partial charge on any atom is -0.256 e. The number of allylic oxidation sites excluding steroid dienone is 2. The van der Waals surface area contributed by atoms with Gasteiger partial charge in [0.2, 0.25) is 0 Å². The number of benzene rings is 2. The lowest BCUT2D eigenvalue weighted by Gasteiger charge is -2.05. The normalized spacial score (nSPS) is 12.5. The van der Waals surface area contributed by atoms with Crippen molar-refractivity contribution >= 4 is 22.9 Å². The molecule has 1 nitrogen and oxygen atoms in total. The maximum Gasteiger partial charge on any atom is 0.0780 e. The molecule has 0 spiro atoms. The van der Waals surface area contributed by atoms with E-state index >= 15 is 0 Å². The minimum atomic E-state index is 0.959. The molecule has 0 N–H and O–H groups in total. The summed E-state index contributed by atoms with van der Waals surface area (Å²) < 4.78 is 0. The smallest absolute Gasteiger partial charge is 0.0780 e. The van der Waals surface area contributed by atoms with Crippen LogP contribution < -0.4 is 10.4 Å². The molecule has 1 aromatic heterocycles. The fraction of sp³-hybridized carbons (Fsp3) is 0. The Morgan fingerprint density at radius 2 is 1.59 bits per heavy atom. The molecule has 0 atom stereocenters. The molecular formula is C21H17N. The van der Waals surface area contributed by atoms with Crippen molar-refractivity contribution in [2.75, 3.05) is 0 Å². The van der Waals surface area contributed by atoms with E-state index in [-0.39, 0.29) is 0 Å². The molecule has 22 heavy (non-hydrogen) atoms. The van der Waals surface area contributed by atoms with Crippen molar-refractivity contribution in [2.45, 2.75) is 0 Å². The van der Waals surface area contributed by atoms with Crippen LogP contribution in [0.5, 0.6) is 0 Å². The van der Waals surface area contributed by atoms with E-state index < -0.39 is 0 Å². The third kappa shape index (κ3) is 2.61. The zero-order chi connectivity index (χ0) is 15.4. The molecule has 1 heteroatoms. The first-order valence-corrected chi connectivity index (χ1v) is 7.23. The third-order valence-electron chi connectivity index (χ3n) is 3.63. The van der Waals surface area contributed by atoms with Gasteiger partial charge in [0.25, 0.3) is 0 Å². The van der Waals surface area contributed by atoms with Crippen LogP contribution in [-0.4, -0.2) is 4.98 Å². The Kier molecular flexibility index (Phi) is 3.97. The van der Waals surface area contributed by atoms with Crippen LogP contribution in [0.3, 0.4) is 0 Å². The first kappa shape index (κ1) is 14.0. The molecule has 0 radical (unpaired) electrons. The molecule has 0 bridgehead atoms. The molecule has 1 heterocycles. The second-order valence-corrected chi connectivity index (χ2v) is 5.03. The molecule has 0 saturated carbocycles. The molecule has 0 aliphatic carbocycles. The van der Waals surface area contributed by atoms with Crippen molar-refractivity contribution in [1.29, 1.82) is 0 Å². The average molecular weight is 283 g/mol. The predicted molar refractivity (Wildman–Crippen MR) is 95.8 cm³/mol. The van der Waals surface area contributed by atoms with Crippen molar-refractivity contribution in [3.8, 4) is 11.3 Å². The molecule has 2 aromatic carbocycles. The summed E-state index contributed by atoms with van der Waals surface area (Å²) in [6, 6.07) is 16.8. The van der Waals surface area contributed by atoms with Gasteiger partial charge in [-0.05, 0) is 28.1 Å². The van der Waals surface area contributed by atoms with Crippen molar-refractivity contribution in [3.63, 3.8) is 0 Å². The Labute approximate surface area is 130 Å². The lowest BCUT2D eigenvalue weighted by molar-refractivity contribution is 1.28. The summed E-state index contributed by atoms with van der Waals surface area (Å²) in [5, 5.41) is 4.60. The van der Waals surface area contributed by atoms with Crippen LogP contribution in [0.2, 0.25) is 0 Å². The van der Waals surface area contributed by atoms with Crippen molar-refractivity contribution in [2.24, 2.45) is 0 Å². The van der Waals surface area contributed by atoms with Gasteiger partial charge in [-0.1, -0.05) is 73.9 Å². The highest BCUT2D eigenvalue weighted by Gasteiger charge is 2.03. The van der Waals surface area contributed by atoms with Gasteiger partial charge in [-0.2, -0.15) is 0 Å². The van der Waals surface area contributed by atoms with E-state index in [4.69, 9.17) is 0 Å². The van der Waals surface area contributed by atoms with Crippen molar-refractivity contribution < 1.29 is 0 Å². The predicted octanol–water partition coefficient (Wildman–Crippen LogP) is 3.83. The number of hydrogen-bond donors (Lipinski definition) is 0. The molecule has 0 saturated heterocycles. The maximum atomic E-state index is 4.58. The van der Waals surface area contributed by atoms with Gasteiger partial charge < -0.3 is 0 Å². The molecule has 0 aliphatic rings. The Bertz CT molecular complexity index is 965. The molecule has 0 unspecified atom stereocenters. The van der Waals surface area contributed by atoms with Crippen LogP contribution in [0.4, 0.5) is 0 Å². The first-order valence-electron chi connectivity index (χ1n) is 7.23. The molecule has 0 aliphatic heterocycles. The molecule has 106 valence electrons. The molecular weight excluding hydrogens is 266 g/mol. The average Bonchev–Trinajstić information content (AvgIpc) is 2.56. The number of pyridine rings is 1. The van der Waals surface area contributed by atoms with Gasteiger partial charge in [-0.3, -0.25) is 4.98 Å². The fourth-order valence-electron chi connectivity index (χ4n) is 2.62. The zero-order valence-corrected chi connectivity index (χ0v) is 12.4. The van der Waals surface area contributed by atoms with E-state index in [1.165, 1.54) is 10.8 Å². The Morgan fingerprint density at radius 3 is 2.36 bits per heavy atom. The number of aromatic nitrogens is 1. The van der Waals surface area contributed by atoms with Crippen LogP contribution in [0, 0.1) is 0 Å². The lowest BCUT2D eigenvalue weighted by atomic mass is 10.0. The van der Waals surface area contributed by atoms with Gasteiger partial charge in [-0.25, -0.2) is 0 Å². The first-order chi connectivity index (χ1) is 10.8. The summed E-state index contributed by atoms with van der Waals surface area (Å²) in [5.74, 6) is 0. The van der Waals surface area contributed by atoms with Crippen LogP contribution in [0.25, 0.3) is 34.2 Å². The second-order valence-electron chi connectivity index (χ2n) is 5.03. The van der Waals surface area contributed by atoms with Crippen molar-refractivity contribution in [1.82, 2.24) is 4.98 Å². The van der Waals surface area contributed by atoms with Gasteiger partial charge in [0, 0.05) is 17.0 Å². The standard InChI is InChI=1S/C21H17N/c1-3-7-17-13-14-22-21(20(17)8-4-2)19-12-11-16-9-5-6-10-18(16)15-19/h3-15H,1-2H2/b17-7-,20-8+. The quantitative estimate of drug-likeness (QED) is 0.712. The summed E-state index contributed by atoms with van der Waals surface area (Å²) in [7, 11) is 0. The summed E-state index contributed by atoms with van der Waals surface area (Å²) in [6.45, 7) is 7.60. The molecule has 3 aromatic rings. The zero-order valence-electron chi connectivity index (χ0n) is 12.4. The van der Waals surface area contributed by atoms with Crippen LogP contribution in [-0.2, 0) is 0 Å². The van der Waals surface area contributed by atoms with Gasteiger partial charge in [0.05, 0.1) is 5.69 Å². The van der Waals surface area contributed by atoms with Gasteiger partial charge in [0.15, 0.2) is 0 Å². The van der Waals surface area contributed by atoms with Gasteiger partial charge >= 0.3 is 0 Å². The lowest BCUT2D eigenvalue weighted by Crippen LogP contribution is -2.27. The SMILES string of the molecule is C=C/C=c1/ccnc(-c2ccc3ccccc3c2)/c1=C/C=C. The highest BCUT2D eigenvalue weighted by atomic mass is 14.7. The highest BCUT2D eigenvalue weighted by molar-refractivity contribution is 5.86. The van der Waals surface area contributed by atoms with Gasteiger partial charge in [0.1, 0.15) is 0 Å². The van der Waals surface area contributed by atoms with Crippen LogP contribution >= 0.6 is 0 Å². The van der Waals surface area contributed by atoms with Gasteiger partial charge in [-0.15, -0.1) is 0 Å². The van der Waals surface area contributed by atoms with Crippen LogP contribution in [0.1, 0.15) is 0 Å². The second kappa shape index (κ2) is 6.23. The Morgan fingerprint density at radius 1 is 0.818 bits per heavy atom. The number of hydrogen-bond acceptors (Lipinski definition) is 1. The van der Waals surface area contributed by atoms with E-state index in [9.17, 15) is 0 Å². The maximum absolute atomic E-state index is 4.58. The monoisotopic (exact) mass is 283 g/mol. The minimum absolute atomic E-state index is 0.959. The number of fused-ring (bicyclic) bond motifs is 1. The van der Waals surface area contributed by atoms with E-state index in [1.807, 2.05) is 24.4 Å². The third-order valence-corrected chi connectivity index (χ3v) is 3.63. The van der Waals surface area contributed by atoms with E-state index in [0.717, 1.165) is 21.7 Å². The summed E-state index contributed by atoms with van der Waals surface area (Å²) in [4.78, 5) is 4.58.